The molecule has 0 spiro atoms. The largest absolute Gasteiger partial charge is 0.279 e. The van der Waals surface area contributed by atoms with Gasteiger partial charge in [-0.25, -0.2) is 16.8 Å². The van der Waals surface area contributed by atoms with E-state index in [9.17, 15) is 16.8 Å². The third-order valence-corrected chi connectivity index (χ3v) is 8.09. The van der Waals surface area contributed by atoms with Gasteiger partial charge in [0.05, 0.1) is 34.6 Å². The lowest BCUT2D eigenvalue weighted by atomic mass is 10.1. The molecule has 7 nitrogen and oxygen atoms in total. The van der Waals surface area contributed by atoms with E-state index in [1.54, 1.807) is 30.7 Å². The Morgan fingerprint density at radius 3 is 2.58 bits per heavy atom. The molecule has 26 heavy (non-hydrogen) atoms. The lowest BCUT2D eigenvalue weighted by Gasteiger charge is -2.13. The first kappa shape index (κ1) is 18.9. The monoisotopic (exact) mass is 397 g/mol. The van der Waals surface area contributed by atoms with E-state index in [1.807, 2.05) is 19.1 Å². The number of rotatable bonds is 5. The van der Waals surface area contributed by atoms with E-state index in [2.05, 4.69) is 9.82 Å². The fraction of sp³-hybridized carbons (Fsp3) is 0.471. The number of hydrogen-bond donors (Lipinski definition) is 1. The van der Waals surface area contributed by atoms with Crippen LogP contribution in [0.2, 0.25) is 0 Å². The molecule has 1 saturated heterocycles. The van der Waals surface area contributed by atoms with E-state index in [0.717, 1.165) is 5.56 Å². The molecule has 0 bridgehead atoms. The van der Waals surface area contributed by atoms with E-state index in [0.29, 0.717) is 29.9 Å². The van der Waals surface area contributed by atoms with Crippen molar-refractivity contribution in [3.63, 3.8) is 0 Å². The Labute approximate surface area is 154 Å². The predicted molar refractivity (Wildman–Crippen MR) is 101 cm³/mol. The molecule has 3 rings (SSSR count). The summed E-state index contributed by atoms with van der Waals surface area (Å²) in [5.74, 6) is 0.112. The van der Waals surface area contributed by atoms with Crippen LogP contribution in [-0.4, -0.2) is 38.1 Å². The highest BCUT2D eigenvalue weighted by atomic mass is 32.2. The van der Waals surface area contributed by atoms with Crippen LogP contribution in [0.4, 0.5) is 5.69 Å². The van der Waals surface area contributed by atoms with Gasteiger partial charge >= 0.3 is 0 Å². The quantitative estimate of drug-likeness (QED) is 0.834. The van der Waals surface area contributed by atoms with Crippen molar-refractivity contribution >= 4 is 25.5 Å². The topological polar surface area (TPSA) is 98.1 Å². The summed E-state index contributed by atoms with van der Waals surface area (Å²) in [6.45, 7) is 5.26. The Hall–Kier alpha value is -1.87. The highest BCUT2D eigenvalue weighted by molar-refractivity contribution is 7.93. The van der Waals surface area contributed by atoms with Gasteiger partial charge in [0.1, 0.15) is 4.90 Å². The molecule has 1 atom stereocenters. The molecule has 1 unspecified atom stereocenters. The van der Waals surface area contributed by atoms with Crippen molar-refractivity contribution in [3.05, 3.63) is 41.2 Å². The lowest BCUT2D eigenvalue weighted by Crippen LogP contribution is -2.17. The number of para-hydroxylation sites is 1. The minimum absolute atomic E-state index is 0.000540. The molecule has 1 aromatic heterocycles. The first-order chi connectivity index (χ1) is 12.1. The number of nitrogens with one attached hydrogen (secondary N) is 1. The summed E-state index contributed by atoms with van der Waals surface area (Å²) in [5, 5.41) is 4.34. The zero-order chi connectivity index (χ0) is 19.1. The van der Waals surface area contributed by atoms with Crippen molar-refractivity contribution < 1.29 is 16.8 Å². The molecule has 1 aromatic carbocycles. The van der Waals surface area contributed by atoms with Gasteiger partial charge in [-0.3, -0.25) is 9.40 Å². The second kappa shape index (κ2) is 6.70. The normalized spacial score (nSPS) is 19.6. The number of hydrogen-bond acceptors (Lipinski definition) is 5. The lowest BCUT2D eigenvalue weighted by molar-refractivity contribution is 0.484. The summed E-state index contributed by atoms with van der Waals surface area (Å²) in [7, 11) is -6.91. The van der Waals surface area contributed by atoms with Crippen LogP contribution in [0.15, 0.2) is 29.2 Å². The van der Waals surface area contributed by atoms with Gasteiger partial charge in [0, 0.05) is 0 Å². The van der Waals surface area contributed by atoms with Gasteiger partial charge in [-0.05, 0) is 38.3 Å². The van der Waals surface area contributed by atoms with Gasteiger partial charge in [0.2, 0.25) is 0 Å². The number of aromatic nitrogens is 2. The standard InChI is InChI=1S/C17H23N3O4S2/c1-4-14-7-5-6-8-16(14)19-26(23,24)17-12(2)18-20(13(17)3)15-9-10-25(21,22)11-15/h5-8,15,19H,4,9-11H2,1-3H3. The summed E-state index contributed by atoms with van der Waals surface area (Å²) in [6.07, 6.45) is 1.16. The zero-order valence-corrected chi connectivity index (χ0v) is 16.7. The Balaban J connectivity index is 1.98. The van der Waals surface area contributed by atoms with Gasteiger partial charge in [-0.2, -0.15) is 5.10 Å². The molecular weight excluding hydrogens is 374 g/mol. The highest BCUT2D eigenvalue weighted by Gasteiger charge is 2.33. The summed E-state index contributed by atoms with van der Waals surface area (Å²) < 4.78 is 53.7. The average Bonchev–Trinajstić information content (AvgIpc) is 3.06. The molecule has 1 aliphatic rings. The molecule has 0 aliphatic carbocycles. The number of aryl methyl sites for hydroxylation is 2. The van der Waals surface area contributed by atoms with Crippen molar-refractivity contribution in [2.24, 2.45) is 0 Å². The van der Waals surface area contributed by atoms with Crippen LogP contribution in [0.3, 0.4) is 0 Å². The summed E-state index contributed by atoms with van der Waals surface area (Å²) in [5.41, 5.74) is 2.28. The summed E-state index contributed by atoms with van der Waals surface area (Å²) in [4.78, 5) is 0.118. The van der Waals surface area contributed by atoms with E-state index in [1.165, 1.54) is 0 Å². The van der Waals surface area contributed by atoms with Crippen LogP contribution < -0.4 is 4.72 Å². The molecule has 1 fully saturated rings. The number of benzene rings is 1. The highest BCUT2D eigenvalue weighted by Crippen LogP contribution is 2.30. The van der Waals surface area contributed by atoms with Crippen molar-refractivity contribution in [1.82, 2.24) is 9.78 Å². The molecular formula is C17H23N3O4S2. The van der Waals surface area contributed by atoms with Crippen LogP contribution in [-0.2, 0) is 26.3 Å². The summed E-state index contributed by atoms with van der Waals surface area (Å²) >= 11 is 0. The minimum atomic E-state index is -3.83. The number of nitrogens with zero attached hydrogens (tertiary/aromatic N) is 2. The molecule has 2 heterocycles. The number of anilines is 1. The molecule has 0 amide bonds. The van der Waals surface area contributed by atoms with E-state index in [-0.39, 0.29) is 22.4 Å². The van der Waals surface area contributed by atoms with Gasteiger partial charge in [0.15, 0.2) is 9.84 Å². The minimum Gasteiger partial charge on any atom is -0.279 e. The first-order valence-electron chi connectivity index (χ1n) is 8.51. The average molecular weight is 398 g/mol. The van der Waals surface area contributed by atoms with E-state index in [4.69, 9.17) is 0 Å². The third kappa shape index (κ3) is 3.50. The second-order valence-electron chi connectivity index (χ2n) is 6.62. The van der Waals surface area contributed by atoms with Crippen LogP contribution in [0.25, 0.3) is 0 Å². The molecule has 0 radical (unpaired) electrons. The van der Waals surface area contributed by atoms with Crippen LogP contribution >= 0.6 is 0 Å². The maximum absolute atomic E-state index is 13.0. The van der Waals surface area contributed by atoms with Gasteiger partial charge in [-0.1, -0.05) is 25.1 Å². The maximum atomic E-state index is 13.0. The first-order valence-corrected chi connectivity index (χ1v) is 11.8. The predicted octanol–water partition coefficient (Wildman–Crippen LogP) is 2.22. The molecule has 0 saturated carbocycles. The van der Waals surface area contributed by atoms with Crippen LogP contribution in [0, 0.1) is 13.8 Å². The summed E-state index contributed by atoms with van der Waals surface area (Å²) in [6, 6.07) is 6.94. The maximum Gasteiger partial charge on any atom is 0.265 e. The molecule has 142 valence electrons. The van der Waals surface area contributed by atoms with Gasteiger partial charge < -0.3 is 0 Å². The Kier molecular flexibility index (Phi) is 4.87. The van der Waals surface area contributed by atoms with Crippen molar-refractivity contribution in [2.75, 3.05) is 16.2 Å². The third-order valence-electron chi connectivity index (χ3n) is 4.72. The molecule has 1 N–H and O–H groups in total. The fourth-order valence-electron chi connectivity index (χ4n) is 3.48. The Morgan fingerprint density at radius 2 is 1.96 bits per heavy atom. The number of sulfone groups is 1. The van der Waals surface area contributed by atoms with Gasteiger partial charge in [0.25, 0.3) is 10.0 Å². The number of sulfonamides is 1. The van der Waals surface area contributed by atoms with Crippen LogP contribution in [0.5, 0.6) is 0 Å². The van der Waals surface area contributed by atoms with E-state index < -0.39 is 19.9 Å². The van der Waals surface area contributed by atoms with E-state index >= 15 is 0 Å². The molecule has 2 aromatic rings. The second-order valence-corrected chi connectivity index (χ2v) is 10.5. The van der Waals surface area contributed by atoms with Crippen LogP contribution in [0.1, 0.15) is 36.3 Å². The Morgan fingerprint density at radius 1 is 1.27 bits per heavy atom. The molecule has 1 aliphatic heterocycles. The van der Waals surface area contributed by atoms with Crippen molar-refractivity contribution in [2.45, 2.75) is 44.6 Å². The zero-order valence-electron chi connectivity index (χ0n) is 15.1. The van der Waals surface area contributed by atoms with Crippen molar-refractivity contribution in [3.8, 4) is 0 Å². The molecule has 9 heteroatoms. The Bertz CT molecular complexity index is 1040. The fourth-order valence-corrected chi connectivity index (χ4v) is 6.68. The SMILES string of the molecule is CCc1ccccc1NS(=O)(=O)c1c(C)nn(C2CCS(=O)(=O)C2)c1C. The smallest absolute Gasteiger partial charge is 0.265 e. The van der Waals surface area contributed by atoms with Gasteiger partial charge in [-0.15, -0.1) is 0 Å². The van der Waals surface area contributed by atoms with Crippen molar-refractivity contribution in [1.29, 1.82) is 0 Å².